The average molecular weight is 473 g/mol. The molecule has 178 valence electrons. The van der Waals surface area contributed by atoms with E-state index in [2.05, 4.69) is 20.6 Å². The summed E-state index contributed by atoms with van der Waals surface area (Å²) in [7, 11) is 0. The van der Waals surface area contributed by atoms with Crippen LogP contribution in [-0.4, -0.2) is 40.7 Å². The molecule has 0 aliphatic carbocycles. The number of hydrogen-bond donors (Lipinski definition) is 3. The highest BCUT2D eigenvalue weighted by atomic mass is 19.4. The number of nitrogens with one attached hydrogen (secondary N) is 2. The summed E-state index contributed by atoms with van der Waals surface area (Å²) in [6.45, 7) is 0.206. The molecule has 2 aromatic carbocycles. The van der Waals surface area contributed by atoms with Gasteiger partial charge < -0.3 is 15.7 Å². The zero-order valence-corrected chi connectivity index (χ0v) is 17.9. The van der Waals surface area contributed by atoms with E-state index in [1.807, 2.05) is 30.3 Å². The summed E-state index contributed by atoms with van der Waals surface area (Å²) < 4.78 is 41.3. The summed E-state index contributed by atoms with van der Waals surface area (Å²) in [5.41, 5.74) is 0.656. The average Bonchev–Trinajstić information content (AvgIpc) is 3.33. The van der Waals surface area contributed by atoms with Crippen molar-refractivity contribution in [2.75, 3.05) is 30.1 Å². The van der Waals surface area contributed by atoms with Crippen molar-refractivity contribution in [3.63, 3.8) is 0 Å². The number of carbonyl (C=O) groups excluding carboxylic acids is 1. The quantitative estimate of drug-likeness (QED) is 0.480. The van der Waals surface area contributed by atoms with E-state index in [0.29, 0.717) is 17.7 Å². The van der Waals surface area contributed by atoms with Gasteiger partial charge in [0.05, 0.1) is 19.3 Å². The van der Waals surface area contributed by atoms with Crippen LogP contribution in [0, 0.1) is 0 Å². The number of halogens is 3. The Balaban J connectivity index is 1.61. The van der Waals surface area contributed by atoms with Gasteiger partial charge in [-0.05, 0) is 29.8 Å². The number of hydrogen-bond acceptors (Lipinski definition) is 7. The molecule has 1 fully saturated rings. The Morgan fingerprint density at radius 3 is 2.56 bits per heavy atom. The van der Waals surface area contributed by atoms with Crippen LogP contribution in [0.15, 0.2) is 60.8 Å². The molecule has 0 radical (unpaired) electrons. The Morgan fingerprint density at radius 1 is 1.15 bits per heavy atom. The Labute approximate surface area is 193 Å². The van der Waals surface area contributed by atoms with Gasteiger partial charge in [0.15, 0.2) is 5.82 Å². The first kappa shape index (κ1) is 23.5. The zero-order valence-electron chi connectivity index (χ0n) is 17.9. The number of hydroxylamine groups is 1. The van der Waals surface area contributed by atoms with Gasteiger partial charge in [-0.15, -0.1) is 0 Å². The third kappa shape index (κ3) is 5.26. The highest BCUT2D eigenvalue weighted by Crippen LogP contribution is 2.41. The predicted molar refractivity (Wildman–Crippen MR) is 118 cm³/mol. The minimum absolute atomic E-state index is 0.0530. The molecular weight excluding hydrogens is 451 g/mol. The van der Waals surface area contributed by atoms with Gasteiger partial charge in [0.25, 0.3) is 5.91 Å². The highest BCUT2D eigenvalue weighted by Gasteiger charge is 2.40. The molecule has 11 heteroatoms. The van der Waals surface area contributed by atoms with Gasteiger partial charge in [-0.1, -0.05) is 30.3 Å². The Morgan fingerprint density at radius 2 is 1.88 bits per heavy atom. The fraction of sp³-hybridized carbons (Fsp3) is 0.261. The first-order chi connectivity index (χ1) is 16.4. The maximum absolute atomic E-state index is 13.8. The molecule has 1 aromatic heterocycles. The smallest absolute Gasteiger partial charge is 0.395 e. The van der Waals surface area contributed by atoms with E-state index in [1.165, 1.54) is 17.2 Å². The van der Waals surface area contributed by atoms with Gasteiger partial charge in [0, 0.05) is 30.4 Å². The van der Waals surface area contributed by atoms with Crippen molar-refractivity contribution >= 4 is 23.4 Å². The maximum Gasteiger partial charge on any atom is 0.421 e. The molecule has 0 bridgehead atoms. The van der Waals surface area contributed by atoms with E-state index < -0.39 is 17.8 Å². The van der Waals surface area contributed by atoms with E-state index in [4.69, 9.17) is 9.94 Å². The minimum Gasteiger partial charge on any atom is -0.395 e. The summed E-state index contributed by atoms with van der Waals surface area (Å²) in [6.07, 6.45) is -3.44. The molecule has 1 aliphatic rings. The topological polar surface area (TPSA) is 99.6 Å². The number of aliphatic hydroxyl groups excluding tert-OH is 1. The molecule has 0 spiro atoms. The molecule has 34 heavy (non-hydrogen) atoms. The first-order valence-electron chi connectivity index (χ1n) is 10.5. The van der Waals surface area contributed by atoms with Crippen LogP contribution in [0.4, 0.5) is 30.6 Å². The summed E-state index contributed by atoms with van der Waals surface area (Å²) >= 11 is 0. The number of aliphatic hydroxyl groups is 1. The van der Waals surface area contributed by atoms with Gasteiger partial charge in [0.2, 0.25) is 5.95 Å². The number of alkyl halides is 3. The van der Waals surface area contributed by atoms with E-state index in [1.54, 1.807) is 12.1 Å². The third-order valence-corrected chi connectivity index (χ3v) is 5.17. The molecule has 3 aromatic rings. The molecule has 1 amide bonds. The Hall–Kier alpha value is -3.70. The standard InChI is InChI=1S/C23H22F3N5O3/c24-23(25,26)18-14-28-22(29-17-8-6-16(7-9-17)21(33)27-11-12-32)30-20(18)31-19(10-13-34-31)15-4-2-1-3-5-15/h1-9,14,19,32H,10-13H2,(H,27,33)(H,28,29,30)/t19-/m0/s1. The lowest BCUT2D eigenvalue weighted by Gasteiger charge is -2.26. The molecule has 1 aliphatic heterocycles. The van der Waals surface area contributed by atoms with Crippen LogP contribution >= 0.6 is 0 Å². The number of amides is 1. The van der Waals surface area contributed by atoms with E-state index in [9.17, 15) is 18.0 Å². The second-order valence-electron chi connectivity index (χ2n) is 7.48. The van der Waals surface area contributed by atoms with Crippen LogP contribution in [0.5, 0.6) is 0 Å². The minimum atomic E-state index is -4.68. The fourth-order valence-electron chi connectivity index (χ4n) is 3.56. The monoisotopic (exact) mass is 473 g/mol. The Bertz CT molecular complexity index is 1130. The second kappa shape index (κ2) is 10.1. The fourth-order valence-corrected chi connectivity index (χ4v) is 3.56. The van der Waals surface area contributed by atoms with Crippen LogP contribution in [0.3, 0.4) is 0 Å². The molecule has 8 nitrogen and oxygen atoms in total. The van der Waals surface area contributed by atoms with Gasteiger partial charge in [-0.25, -0.2) is 10.0 Å². The third-order valence-electron chi connectivity index (χ3n) is 5.17. The number of aromatic nitrogens is 2. The molecule has 0 unspecified atom stereocenters. The van der Waals surface area contributed by atoms with Crippen LogP contribution in [0.25, 0.3) is 0 Å². The van der Waals surface area contributed by atoms with Crippen molar-refractivity contribution in [1.29, 1.82) is 0 Å². The summed E-state index contributed by atoms with van der Waals surface area (Å²) in [4.78, 5) is 25.5. The van der Waals surface area contributed by atoms with Crippen molar-refractivity contribution in [2.24, 2.45) is 0 Å². The molecule has 2 heterocycles. The van der Waals surface area contributed by atoms with Crippen LogP contribution in [0.2, 0.25) is 0 Å². The normalized spacial score (nSPS) is 15.9. The van der Waals surface area contributed by atoms with Crippen LogP contribution < -0.4 is 15.7 Å². The molecule has 1 atom stereocenters. The summed E-state index contributed by atoms with van der Waals surface area (Å²) in [5, 5.41) is 15.4. The number of anilines is 3. The maximum atomic E-state index is 13.8. The van der Waals surface area contributed by atoms with Crippen LogP contribution in [0.1, 0.15) is 33.9 Å². The SMILES string of the molecule is O=C(NCCO)c1ccc(Nc2ncc(C(F)(F)F)c(N3OCC[C@H]3c3ccccc3)n2)cc1. The van der Waals surface area contributed by atoms with Gasteiger partial charge in [-0.3, -0.25) is 9.63 Å². The number of benzene rings is 2. The van der Waals surface area contributed by atoms with Crippen molar-refractivity contribution in [2.45, 2.75) is 18.6 Å². The lowest BCUT2D eigenvalue weighted by molar-refractivity contribution is -0.138. The van der Waals surface area contributed by atoms with Crippen molar-refractivity contribution in [3.05, 3.63) is 77.5 Å². The van der Waals surface area contributed by atoms with E-state index in [-0.39, 0.29) is 37.4 Å². The number of nitrogens with zero attached hydrogens (tertiary/aromatic N) is 3. The number of rotatable bonds is 7. The molecule has 3 N–H and O–H groups in total. The zero-order chi connectivity index (χ0) is 24.1. The highest BCUT2D eigenvalue weighted by molar-refractivity contribution is 5.94. The van der Waals surface area contributed by atoms with Gasteiger partial charge in [0.1, 0.15) is 5.56 Å². The molecule has 0 saturated carbocycles. The predicted octanol–water partition coefficient (Wildman–Crippen LogP) is 3.84. The lowest BCUT2D eigenvalue weighted by Crippen LogP contribution is -2.26. The number of carbonyl (C=O) groups is 1. The molecule has 1 saturated heterocycles. The van der Waals surface area contributed by atoms with Crippen LogP contribution in [-0.2, 0) is 11.0 Å². The van der Waals surface area contributed by atoms with Gasteiger partial charge >= 0.3 is 6.18 Å². The van der Waals surface area contributed by atoms with E-state index >= 15 is 0 Å². The van der Waals surface area contributed by atoms with E-state index in [0.717, 1.165) is 11.8 Å². The largest absolute Gasteiger partial charge is 0.421 e. The van der Waals surface area contributed by atoms with Gasteiger partial charge in [-0.2, -0.15) is 18.2 Å². The molecule has 4 rings (SSSR count). The second-order valence-corrected chi connectivity index (χ2v) is 7.48. The summed E-state index contributed by atoms with van der Waals surface area (Å²) in [6, 6.07) is 14.9. The first-order valence-corrected chi connectivity index (χ1v) is 10.5. The molecular formula is C23H22F3N5O3. The Kier molecular flexibility index (Phi) is 6.94. The summed E-state index contributed by atoms with van der Waals surface area (Å²) in [5.74, 6) is -0.786. The van der Waals surface area contributed by atoms with Crippen molar-refractivity contribution in [3.8, 4) is 0 Å². The lowest BCUT2D eigenvalue weighted by atomic mass is 10.0. The van der Waals surface area contributed by atoms with Crippen molar-refractivity contribution < 1.29 is 27.9 Å². The van der Waals surface area contributed by atoms with Crippen molar-refractivity contribution in [1.82, 2.24) is 15.3 Å².